The van der Waals surface area contributed by atoms with Crippen molar-refractivity contribution in [2.45, 2.75) is 11.8 Å². The quantitative estimate of drug-likeness (QED) is 0.564. The number of benzene rings is 2. The normalized spacial score (nSPS) is 15.4. The summed E-state index contributed by atoms with van der Waals surface area (Å²) in [5.41, 5.74) is 2.52. The van der Waals surface area contributed by atoms with Crippen molar-refractivity contribution in [2.24, 2.45) is 0 Å². The third-order valence-electron chi connectivity index (χ3n) is 5.11. The smallest absolute Gasteiger partial charge is 0.246 e. The molecule has 0 N–H and O–H groups in total. The Bertz CT molecular complexity index is 1160. The van der Waals surface area contributed by atoms with Gasteiger partial charge >= 0.3 is 0 Å². The molecule has 30 heavy (non-hydrogen) atoms. The summed E-state index contributed by atoms with van der Waals surface area (Å²) < 4.78 is 33.8. The number of halogens is 1. The van der Waals surface area contributed by atoms with E-state index in [9.17, 15) is 8.42 Å². The van der Waals surface area contributed by atoms with Crippen molar-refractivity contribution in [1.82, 2.24) is 9.29 Å². The molecule has 0 aliphatic carbocycles. The first-order valence-corrected chi connectivity index (χ1v) is 12.2. The summed E-state index contributed by atoms with van der Waals surface area (Å²) in [6.45, 7) is 3.88. The minimum atomic E-state index is -3.71. The summed E-state index contributed by atoms with van der Waals surface area (Å²) in [7, 11) is -2.23. The summed E-state index contributed by atoms with van der Waals surface area (Å²) >= 11 is 7.63. The van der Waals surface area contributed by atoms with Gasteiger partial charge in [0, 0.05) is 47.8 Å². The zero-order chi connectivity index (χ0) is 21.3. The molecule has 0 unspecified atom stereocenters. The molecule has 1 aliphatic rings. The number of anilines is 1. The zero-order valence-corrected chi connectivity index (χ0v) is 19.1. The van der Waals surface area contributed by atoms with Crippen LogP contribution in [0.3, 0.4) is 0 Å². The van der Waals surface area contributed by atoms with Crippen molar-refractivity contribution in [1.29, 1.82) is 0 Å². The highest BCUT2D eigenvalue weighted by atomic mass is 35.5. The van der Waals surface area contributed by atoms with Gasteiger partial charge in [-0.05, 0) is 43.3 Å². The van der Waals surface area contributed by atoms with Crippen molar-refractivity contribution >= 4 is 38.6 Å². The van der Waals surface area contributed by atoms with Crippen molar-refractivity contribution in [3.8, 4) is 17.0 Å². The van der Waals surface area contributed by atoms with Gasteiger partial charge in [-0.15, -0.1) is 11.3 Å². The first kappa shape index (κ1) is 21.1. The van der Waals surface area contributed by atoms with Gasteiger partial charge in [0.05, 0.1) is 17.8 Å². The Morgan fingerprint density at radius 1 is 1.10 bits per heavy atom. The van der Waals surface area contributed by atoms with E-state index in [4.69, 9.17) is 16.3 Å². The summed E-state index contributed by atoms with van der Waals surface area (Å²) in [4.78, 5) is 6.79. The van der Waals surface area contributed by atoms with E-state index in [1.807, 2.05) is 42.6 Å². The molecule has 2 aromatic carbocycles. The minimum Gasteiger partial charge on any atom is -0.495 e. The Labute approximate surface area is 185 Å². The van der Waals surface area contributed by atoms with Gasteiger partial charge in [0.2, 0.25) is 10.0 Å². The zero-order valence-electron chi connectivity index (χ0n) is 16.7. The van der Waals surface area contributed by atoms with Gasteiger partial charge in [-0.1, -0.05) is 17.7 Å². The molecule has 6 nitrogen and oxygen atoms in total. The van der Waals surface area contributed by atoms with Gasteiger partial charge in [-0.3, -0.25) is 0 Å². The third kappa shape index (κ3) is 4.18. The maximum atomic E-state index is 13.4. The maximum Gasteiger partial charge on any atom is 0.246 e. The molecule has 0 bridgehead atoms. The number of methoxy groups -OCH3 is 1. The van der Waals surface area contributed by atoms with E-state index >= 15 is 0 Å². The molecular formula is C21H22ClN3O3S2. The van der Waals surface area contributed by atoms with Crippen LogP contribution in [0.4, 0.5) is 5.69 Å². The van der Waals surface area contributed by atoms with Crippen molar-refractivity contribution in [3.63, 3.8) is 0 Å². The van der Waals surface area contributed by atoms with E-state index in [1.54, 1.807) is 12.1 Å². The Morgan fingerprint density at radius 3 is 2.50 bits per heavy atom. The molecule has 0 spiro atoms. The predicted molar refractivity (Wildman–Crippen MR) is 121 cm³/mol. The fourth-order valence-electron chi connectivity index (χ4n) is 3.53. The van der Waals surface area contributed by atoms with Crippen LogP contribution in [-0.4, -0.2) is 51.0 Å². The lowest BCUT2D eigenvalue weighted by molar-refractivity contribution is 0.374. The Balaban J connectivity index is 1.59. The molecule has 9 heteroatoms. The number of nitrogens with zero attached hydrogens (tertiary/aromatic N) is 3. The molecule has 2 heterocycles. The summed E-state index contributed by atoms with van der Waals surface area (Å²) in [6, 6.07) is 12.8. The van der Waals surface area contributed by atoms with Crippen LogP contribution in [0.2, 0.25) is 5.02 Å². The number of sulfonamides is 1. The van der Waals surface area contributed by atoms with Crippen LogP contribution in [-0.2, 0) is 10.0 Å². The fourth-order valence-corrected chi connectivity index (χ4v) is 5.94. The second kappa shape index (κ2) is 8.55. The number of hydrogen-bond donors (Lipinski definition) is 0. The third-order valence-corrected chi connectivity index (χ3v) is 8.04. The molecular weight excluding hydrogens is 442 g/mol. The molecule has 0 amide bonds. The van der Waals surface area contributed by atoms with Crippen LogP contribution in [0.5, 0.6) is 5.75 Å². The first-order valence-electron chi connectivity index (χ1n) is 9.50. The van der Waals surface area contributed by atoms with Crippen LogP contribution in [0.15, 0.2) is 52.7 Å². The highest BCUT2D eigenvalue weighted by Crippen LogP contribution is 2.33. The molecule has 1 saturated heterocycles. The van der Waals surface area contributed by atoms with E-state index in [0.717, 1.165) is 22.0 Å². The van der Waals surface area contributed by atoms with Gasteiger partial charge < -0.3 is 9.64 Å². The average molecular weight is 464 g/mol. The molecule has 3 aromatic rings. The van der Waals surface area contributed by atoms with Crippen LogP contribution in [0, 0.1) is 6.92 Å². The van der Waals surface area contributed by atoms with Crippen molar-refractivity contribution in [3.05, 3.63) is 57.9 Å². The number of aromatic nitrogens is 1. The van der Waals surface area contributed by atoms with Gasteiger partial charge in [-0.25, -0.2) is 13.4 Å². The predicted octanol–water partition coefficient (Wildman–Crippen LogP) is 4.29. The van der Waals surface area contributed by atoms with E-state index in [1.165, 1.54) is 22.8 Å². The number of aryl methyl sites for hydroxylation is 1. The largest absolute Gasteiger partial charge is 0.495 e. The van der Waals surface area contributed by atoms with E-state index < -0.39 is 10.0 Å². The van der Waals surface area contributed by atoms with Crippen LogP contribution in [0.1, 0.15) is 5.01 Å². The van der Waals surface area contributed by atoms with Crippen LogP contribution in [0.25, 0.3) is 11.3 Å². The molecule has 0 saturated carbocycles. The first-order chi connectivity index (χ1) is 14.4. The highest BCUT2D eigenvalue weighted by Gasteiger charge is 2.31. The van der Waals surface area contributed by atoms with E-state index in [-0.39, 0.29) is 4.90 Å². The van der Waals surface area contributed by atoms with Crippen LogP contribution >= 0.6 is 22.9 Å². The summed E-state index contributed by atoms with van der Waals surface area (Å²) in [5.74, 6) is 0.336. The molecule has 0 atom stereocenters. The van der Waals surface area contributed by atoms with Gasteiger partial charge in [0.15, 0.2) is 0 Å². The topological polar surface area (TPSA) is 62.7 Å². The Kier molecular flexibility index (Phi) is 6.02. The second-order valence-corrected chi connectivity index (χ2v) is 10.4. The standard InChI is InChI=1S/C21H22ClN3O3S2/c1-15-23-19(14-29-15)16-6-7-20(28-2)21(12-16)30(26,27)25-10-8-24(9-11-25)18-5-3-4-17(22)13-18/h3-7,12-14H,8-11H2,1-2H3. The summed E-state index contributed by atoms with van der Waals surface area (Å²) in [6.07, 6.45) is 0. The Hall–Kier alpha value is -2.13. The SMILES string of the molecule is COc1ccc(-c2csc(C)n2)cc1S(=O)(=O)N1CCN(c2cccc(Cl)c2)CC1. The number of thiazole rings is 1. The Morgan fingerprint density at radius 2 is 1.87 bits per heavy atom. The molecule has 4 rings (SSSR count). The van der Waals surface area contributed by atoms with Gasteiger partial charge in [0.1, 0.15) is 10.6 Å². The molecule has 1 aromatic heterocycles. The second-order valence-electron chi connectivity index (χ2n) is 6.99. The monoisotopic (exact) mass is 463 g/mol. The van der Waals surface area contributed by atoms with Crippen molar-refractivity contribution < 1.29 is 13.2 Å². The van der Waals surface area contributed by atoms with Gasteiger partial charge in [-0.2, -0.15) is 4.31 Å². The van der Waals surface area contributed by atoms with Gasteiger partial charge in [0.25, 0.3) is 0 Å². The molecule has 1 fully saturated rings. The van der Waals surface area contributed by atoms with Crippen molar-refractivity contribution in [2.75, 3.05) is 38.2 Å². The fraction of sp³-hybridized carbons (Fsp3) is 0.286. The highest BCUT2D eigenvalue weighted by molar-refractivity contribution is 7.89. The van der Waals surface area contributed by atoms with E-state index in [2.05, 4.69) is 9.88 Å². The number of ether oxygens (including phenoxy) is 1. The maximum absolute atomic E-state index is 13.4. The summed E-state index contributed by atoms with van der Waals surface area (Å²) in [5, 5.41) is 3.53. The molecule has 0 radical (unpaired) electrons. The lowest BCUT2D eigenvalue weighted by Gasteiger charge is -2.35. The number of piperazine rings is 1. The number of rotatable bonds is 5. The van der Waals surface area contributed by atoms with E-state index in [0.29, 0.717) is 37.0 Å². The molecule has 158 valence electrons. The minimum absolute atomic E-state index is 0.171. The average Bonchev–Trinajstić information content (AvgIpc) is 3.19. The molecule has 1 aliphatic heterocycles. The number of hydrogen-bond acceptors (Lipinski definition) is 6. The lowest BCUT2D eigenvalue weighted by atomic mass is 10.2. The van der Waals surface area contributed by atoms with Crippen LogP contribution < -0.4 is 9.64 Å². The lowest BCUT2D eigenvalue weighted by Crippen LogP contribution is -2.48.